The van der Waals surface area contributed by atoms with Crippen molar-refractivity contribution in [3.63, 3.8) is 0 Å². The molecule has 0 aromatic heterocycles. The lowest BCUT2D eigenvalue weighted by Crippen LogP contribution is -2.45. The number of rotatable bonds is 2. The number of likely N-dealkylation sites (tertiary alicyclic amines) is 1. The Kier molecular flexibility index (Phi) is 4.18. The number of nitrogens with zero attached hydrogens (tertiary/aromatic N) is 1. The van der Waals surface area contributed by atoms with Crippen LogP contribution in [0.1, 0.15) is 29.6 Å². The predicted molar refractivity (Wildman–Crippen MR) is 83.4 cm³/mol. The number of ether oxygens (including phenoxy) is 1. The average Bonchev–Trinajstić information content (AvgIpc) is 2.55. The van der Waals surface area contributed by atoms with Gasteiger partial charge < -0.3 is 20.7 Å². The Balaban J connectivity index is 1.69. The van der Waals surface area contributed by atoms with E-state index in [0.717, 1.165) is 6.42 Å². The topological polar surface area (TPSA) is 102 Å². The lowest BCUT2D eigenvalue weighted by molar-refractivity contribution is -0.123. The first-order valence-electron chi connectivity index (χ1n) is 7.70. The molecule has 1 aromatic carbocycles. The molecule has 0 unspecified atom stereocenters. The summed E-state index contributed by atoms with van der Waals surface area (Å²) in [5.41, 5.74) is 6.35. The Labute approximate surface area is 133 Å². The minimum Gasteiger partial charge on any atom is -0.492 e. The number of amides is 3. The van der Waals surface area contributed by atoms with Gasteiger partial charge in [-0.2, -0.15) is 0 Å². The van der Waals surface area contributed by atoms with Crippen LogP contribution in [-0.2, 0) is 4.79 Å². The summed E-state index contributed by atoms with van der Waals surface area (Å²) in [6.07, 6.45) is 1.80. The normalized spacial score (nSPS) is 20.4. The second-order valence-electron chi connectivity index (χ2n) is 5.85. The van der Waals surface area contributed by atoms with Gasteiger partial charge in [-0.3, -0.25) is 9.59 Å². The first-order valence-corrected chi connectivity index (χ1v) is 7.70. The average molecular weight is 317 g/mol. The molecule has 0 radical (unpaired) electrons. The molecule has 2 heterocycles. The minimum absolute atomic E-state index is 0.00844. The van der Waals surface area contributed by atoms with Crippen LogP contribution in [0.5, 0.6) is 5.75 Å². The van der Waals surface area contributed by atoms with Crippen LogP contribution in [0, 0.1) is 5.92 Å². The van der Waals surface area contributed by atoms with Crippen LogP contribution >= 0.6 is 0 Å². The predicted octanol–water partition coefficient (Wildman–Crippen LogP) is 1.38. The van der Waals surface area contributed by atoms with Crippen molar-refractivity contribution in [2.75, 3.05) is 25.0 Å². The maximum Gasteiger partial charge on any atom is 0.321 e. The van der Waals surface area contributed by atoms with E-state index in [-0.39, 0.29) is 23.6 Å². The summed E-state index contributed by atoms with van der Waals surface area (Å²) >= 11 is 0. The molecule has 1 atom stereocenters. The highest BCUT2D eigenvalue weighted by Gasteiger charge is 2.27. The lowest BCUT2D eigenvalue weighted by Gasteiger charge is -2.31. The van der Waals surface area contributed by atoms with Gasteiger partial charge in [0.1, 0.15) is 5.75 Å². The van der Waals surface area contributed by atoms with Crippen LogP contribution in [0.15, 0.2) is 18.2 Å². The summed E-state index contributed by atoms with van der Waals surface area (Å²) in [5.74, 6) is -0.118. The molecule has 2 aliphatic rings. The number of urea groups is 1. The molecule has 1 fully saturated rings. The molecule has 0 saturated carbocycles. The number of nitrogens with one attached hydrogen (secondary N) is 1. The van der Waals surface area contributed by atoms with Gasteiger partial charge in [-0.25, -0.2) is 4.79 Å². The fourth-order valence-electron chi connectivity index (χ4n) is 2.94. The van der Waals surface area contributed by atoms with E-state index < -0.39 is 0 Å². The number of benzene rings is 1. The van der Waals surface area contributed by atoms with Crippen molar-refractivity contribution < 1.29 is 19.1 Å². The third kappa shape index (κ3) is 3.28. The number of anilines is 1. The van der Waals surface area contributed by atoms with Crippen LogP contribution < -0.4 is 15.8 Å². The van der Waals surface area contributed by atoms with Gasteiger partial charge >= 0.3 is 6.03 Å². The molecule has 0 bridgehead atoms. The van der Waals surface area contributed by atoms with Crippen LogP contribution in [0.3, 0.4) is 0 Å². The van der Waals surface area contributed by atoms with E-state index in [9.17, 15) is 14.4 Å². The van der Waals surface area contributed by atoms with Crippen LogP contribution in [0.2, 0.25) is 0 Å². The molecule has 2 aliphatic heterocycles. The number of Topliss-reactive ketones (excluding diaryl/α,β-unsaturated/α-hetero) is 1. The van der Waals surface area contributed by atoms with Crippen LogP contribution in [0.4, 0.5) is 10.5 Å². The smallest absolute Gasteiger partial charge is 0.321 e. The molecular weight excluding hydrogens is 298 g/mol. The van der Waals surface area contributed by atoms with E-state index in [1.165, 1.54) is 0 Å². The van der Waals surface area contributed by atoms with Gasteiger partial charge in [-0.15, -0.1) is 0 Å². The zero-order chi connectivity index (χ0) is 16.4. The summed E-state index contributed by atoms with van der Waals surface area (Å²) in [6, 6.07) is 4.72. The van der Waals surface area contributed by atoms with Crippen molar-refractivity contribution >= 4 is 23.4 Å². The SMILES string of the molecule is NC(=O)[C@H]1CCCN(C(=O)Nc2ccc3c(c2)C(=O)CCO3)C1. The maximum atomic E-state index is 12.3. The summed E-state index contributed by atoms with van der Waals surface area (Å²) in [5, 5.41) is 2.77. The maximum absolute atomic E-state index is 12.3. The first-order chi connectivity index (χ1) is 11.0. The fourth-order valence-corrected chi connectivity index (χ4v) is 2.94. The van der Waals surface area contributed by atoms with Crippen molar-refractivity contribution in [3.8, 4) is 5.75 Å². The van der Waals surface area contributed by atoms with Gasteiger partial charge in [0.15, 0.2) is 5.78 Å². The molecule has 7 heteroatoms. The van der Waals surface area contributed by atoms with Gasteiger partial charge in [0.2, 0.25) is 5.91 Å². The Morgan fingerprint density at radius 1 is 1.35 bits per heavy atom. The number of nitrogens with two attached hydrogens (primary N) is 1. The van der Waals surface area contributed by atoms with Gasteiger partial charge in [0.25, 0.3) is 0 Å². The van der Waals surface area contributed by atoms with Gasteiger partial charge in [0, 0.05) is 25.2 Å². The van der Waals surface area contributed by atoms with Crippen molar-refractivity contribution in [2.45, 2.75) is 19.3 Å². The standard InChI is InChI=1S/C16H19N3O4/c17-15(21)10-2-1-6-19(9-10)16(22)18-11-3-4-14-12(8-11)13(20)5-7-23-14/h3-4,8,10H,1-2,5-7,9H2,(H2,17,21)(H,18,22)/t10-/m0/s1. The van der Waals surface area contributed by atoms with Gasteiger partial charge in [0.05, 0.1) is 18.1 Å². The van der Waals surface area contributed by atoms with Crippen molar-refractivity contribution in [1.82, 2.24) is 4.90 Å². The highest BCUT2D eigenvalue weighted by atomic mass is 16.5. The quantitative estimate of drug-likeness (QED) is 0.860. The number of primary amides is 1. The largest absolute Gasteiger partial charge is 0.492 e. The second-order valence-corrected chi connectivity index (χ2v) is 5.85. The van der Waals surface area contributed by atoms with E-state index in [4.69, 9.17) is 10.5 Å². The zero-order valence-corrected chi connectivity index (χ0v) is 12.7. The third-order valence-electron chi connectivity index (χ3n) is 4.23. The summed E-state index contributed by atoms with van der Waals surface area (Å²) in [7, 11) is 0. The van der Waals surface area contributed by atoms with Crippen molar-refractivity contribution in [1.29, 1.82) is 0 Å². The monoisotopic (exact) mass is 317 g/mol. The van der Waals surface area contributed by atoms with Crippen LogP contribution in [0.25, 0.3) is 0 Å². The number of hydrogen-bond acceptors (Lipinski definition) is 4. The molecule has 7 nitrogen and oxygen atoms in total. The summed E-state index contributed by atoms with van der Waals surface area (Å²) in [4.78, 5) is 37.1. The third-order valence-corrected chi connectivity index (χ3v) is 4.23. The van der Waals surface area contributed by atoms with Gasteiger partial charge in [-0.05, 0) is 31.0 Å². The summed E-state index contributed by atoms with van der Waals surface area (Å²) < 4.78 is 5.42. The molecule has 23 heavy (non-hydrogen) atoms. The van der Waals surface area contributed by atoms with Crippen LogP contribution in [-0.4, -0.2) is 42.3 Å². The zero-order valence-electron chi connectivity index (χ0n) is 12.7. The molecule has 1 saturated heterocycles. The Hall–Kier alpha value is -2.57. The van der Waals surface area contributed by atoms with E-state index >= 15 is 0 Å². The lowest BCUT2D eigenvalue weighted by atomic mass is 9.98. The van der Waals surface area contributed by atoms with E-state index in [2.05, 4.69) is 5.32 Å². The van der Waals surface area contributed by atoms with E-state index in [0.29, 0.717) is 49.5 Å². The molecule has 1 aromatic rings. The fraction of sp³-hybridized carbons (Fsp3) is 0.438. The minimum atomic E-state index is -0.376. The number of carbonyl (C=O) groups is 3. The molecule has 3 amide bonds. The highest BCUT2D eigenvalue weighted by molar-refractivity contribution is 6.01. The van der Waals surface area contributed by atoms with E-state index in [1.807, 2.05) is 0 Å². The summed E-state index contributed by atoms with van der Waals surface area (Å²) in [6.45, 7) is 1.30. The van der Waals surface area contributed by atoms with Gasteiger partial charge in [-0.1, -0.05) is 0 Å². The number of carbonyl (C=O) groups excluding carboxylic acids is 3. The Morgan fingerprint density at radius 3 is 2.96 bits per heavy atom. The Bertz CT molecular complexity index is 659. The number of piperidine rings is 1. The number of fused-ring (bicyclic) bond motifs is 1. The molecule has 3 N–H and O–H groups in total. The Morgan fingerprint density at radius 2 is 2.17 bits per heavy atom. The molecule has 122 valence electrons. The highest BCUT2D eigenvalue weighted by Crippen LogP contribution is 2.28. The number of ketones is 1. The molecule has 0 spiro atoms. The van der Waals surface area contributed by atoms with Crippen molar-refractivity contribution in [3.05, 3.63) is 23.8 Å². The first kappa shape index (κ1) is 15.3. The molecule has 3 rings (SSSR count). The number of hydrogen-bond donors (Lipinski definition) is 2. The molecular formula is C16H19N3O4. The van der Waals surface area contributed by atoms with Crippen molar-refractivity contribution in [2.24, 2.45) is 11.7 Å². The second kappa shape index (κ2) is 6.28. The van der Waals surface area contributed by atoms with E-state index in [1.54, 1.807) is 23.1 Å². The molecule has 0 aliphatic carbocycles.